The van der Waals surface area contributed by atoms with Gasteiger partial charge in [0.2, 0.25) is 0 Å². The summed E-state index contributed by atoms with van der Waals surface area (Å²) in [6.45, 7) is 7.41. The number of hydrogen-bond acceptors (Lipinski definition) is 7. The van der Waals surface area contributed by atoms with Crippen LogP contribution in [0.5, 0.6) is 6.01 Å². The van der Waals surface area contributed by atoms with Crippen molar-refractivity contribution in [1.82, 2.24) is 24.4 Å². The molecular formula is C18H31ClN6O3. The van der Waals surface area contributed by atoms with Gasteiger partial charge in [-0.1, -0.05) is 13.3 Å². The Kier molecular flexibility index (Phi) is 8.09. The quantitative estimate of drug-likeness (QED) is 0.596. The van der Waals surface area contributed by atoms with E-state index >= 15 is 0 Å². The summed E-state index contributed by atoms with van der Waals surface area (Å²) in [6, 6.07) is 0.214. The predicted octanol–water partition coefficient (Wildman–Crippen LogP) is 1.40. The van der Waals surface area contributed by atoms with Gasteiger partial charge in [0, 0.05) is 13.1 Å². The highest BCUT2D eigenvalue weighted by atomic mass is 35.5. The summed E-state index contributed by atoms with van der Waals surface area (Å²) in [5.74, 6) is 0.614. The Morgan fingerprint density at radius 3 is 2.71 bits per heavy atom. The maximum atomic E-state index is 12.5. The molecule has 3 heterocycles. The number of fused-ring (bicyclic) bond motifs is 1. The number of β-amino-alcohol motifs (C(OH)–C–C–N with tert-alkyl or cyclic N) is 1. The number of likely N-dealkylation sites (tertiary alicyclic amines) is 1. The molecule has 0 radical (unpaired) electrons. The van der Waals surface area contributed by atoms with Crippen LogP contribution in [-0.2, 0) is 6.54 Å². The number of piperidine rings is 1. The Balaban J connectivity index is 0.00000280. The zero-order valence-corrected chi connectivity index (χ0v) is 17.4. The summed E-state index contributed by atoms with van der Waals surface area (Å²) in [5.41, 5.74) is 6.78. The van der Waals surface area contributed by atoms with Crippen molar-refractivity contribution >= 4 is 29.4 Å². The second kappa shape index (κ2) is 10.1. The fourth-order valence-electron chi connectivity index (χ4n) is 3.69. The summed E-state index contributed by atoms with van der Waals surface area (Å²) >= 11 is 0. The number of nitrogen functional groups attached to an aromatic ring is 1. The summed E-state index contributed by atoms with van der Waals surface area (Å²) in [4.78, 5) is 26.1. The van der Waals surface area contributed by atoms with Crippen molar-refractivity contribution in [3.8, 4) is 6.01 Å². The van der Waals surface area contributed by atoms with E-state index in [9.17, 15) is 4.79 Å². The molecule has 1 aliphatic rings. The molecule has 0 amide bonds. The normalized spacial score (nSPS) is 16.8. The number of anilines is 1. The molecule has 0 saturated carbocycles. The van der Waals surface area contributed by atoms with Gasteiger partial charge in [-0.15, -0.1) is 12.4 Å². The largest absolute Gasteiger partial charge is 0.460 e. The number of hydrogen-bond donors (Lipinski definition) is 3. The summed E-state index contributed by atoms with van der Waals surface area (Å²) in [5, 5.41) is 9.07. The van der Waals surface area contributed by atoms with Crippen LogP contribution in [0.1, 0.15) is 39.5 Å². The van der Waals surface area contributed by atoms with E-state index in [0.29, 0.717) is 30.2 Å². The van der Waals surface area contributed by atoms with Crippen LogP contribution >= 0.6 is 12.4 Å². The van der Waals surface area contributed by atoms with Crippen molar-refractivity contribution in [2.45, 2.75) is 52.2 Å². The number of halogens is 1. The van der Waals surface area contributed by atoms with E-state index in [0.717, 1.165) is 38.8 Å². The molecule has 158 valence electrons. The number of aromatic nitrogens is 4. The van der Waals surface area contributed by atoms with Gasteiger partial charge in [0.1, 0.15) is 5.52 Å². The highest BCUT2D eigenvalue weighted by Gasteiger charge is 2.22. The Morgan fingerprint density at radius 1 is 1.36 bits per heavy atom. The fourth-order valence-corrected chi connectivity index (χ4v) is 3.69. The molecule has 0 bridgehead atoms. The van der Waals surface area contributed by atoms with Crippen LogP contribution in [0.4, 0.5) is 5.82 Å². The van der Waals surface area contributed by atoms with Crippen LogP contribution in [0.3, 0.4) is 0 Å². The van der Waals surface area contributed by atoms with Gasteiger partial charge < -0.3 is 25.5 Å². The van der Waals surface area contributed by atoms with E-state index in [4.69, 9.17) is 15.6 Å². The number of rotatable bonds is 8. The lowest BCUT2D eigenvalue weighted by molar-refractivity contribution is 0.141. The number of aromatic amines is 1. The Hall–Kier alpha value is -1.84. The zero-order chi connectivity index (χ0) is 19.4. The fraction of sp³-hybridized carbons (Fsp3) is 0.722. The Bertz CT molecular complexity index is 815. The summed E-state index contributed by atoms with van der Waals surface area (Å²) in [7, 11) is 0. The van der Waals surface area contributed by atoms with E-state index in [-0.39, 0.29) is 42.6 Å². The summed E-state index contributed by atoms with van der Waals surface area (Å²) < 4.78 is 7.43. The lowest BCUT2D eigenvalue weighted by atomic mass is 9.97. The first-order chi connectivity index (χ1) is 13.0. The third-order valence-corrected chi connectivity index (χ3v) is 5.20. The van der Waals surface area contributed by atoms with Gasteiger partial charge in [0.25, 0.3) is 0 Å². The topological polar surface area (TPSA) is 122 Å². The number of nitrogens with zero attached hydrogens (tertiary/aromatic N) is 4. The first-order valence-electron chi connectivity index (χ1n) is 9.77. The number of ether oxygens (including phenoxy) is 1. The van der Waals surface area contributed by atoms with Crippen molar-refractivity contribution in [3.63, 3.8) is 0 Å². The third-order valence-electron chi connectivity index (χ3n) is 5.20. The number of imidazole rings is 1. The van der Waals surface area contributed by atoms with E-state index < -0.39 is 0 Å². The predicted molar refractivity (Wildman–Crippen MR) is 111 cm³/mol. The Morgan fingerprint density at radius 2 is 2.07 bits per heavy atom. The molecule has 9 nitrogen and oxygen atoms in total. The number of H-pyrrole nitrogens is 1. The lowest BCUT2D eigenvalue weighted by Gasteiger charge is -2.31. The minimum absolute atomic E-state index is 0. The molecule has 0 spiro atoms. The third kappa shape index (κ3) is 5.15. The maximum absolute atomic E-state index is 12.5. The zero-order valence-electron chi connectivity index (χ0n) is 16.6. The number of nitrogens with two attached hydrogens (primary N) is 1. The van der Waals surface area contributed by atoms with Gasteiger partial charge in [0.05, 0.1) is 12.7 Å². The van der Waals surface area contributed by atoms with Crippen LogP contribution in [-0.4, -0.2) is 61.9 Å². The van der Waals surface area contributed by atoms with Crippen LogP contribution in [0.15, 0.2) is 4.79 Å². The highest BCUT2D eigenvalue weighted by molar-refractivity contribution is 5.85. The van der Waals surface area contributed by atoms with Gasteiger partial charge in [-0.3, -0.25) is 4.57 Å². The molecule has 1 atom stereocenters. The van der Waals surface area contributed by atoms with Crippen molar-refractivity contribution in [2.75, 3.05) is 32.0 Å². The molecule has 1 aliphatic heterocycles. The molecule has 0 aliphatic carbocycles. The molecule has 10 heteroatoms. The van der Waals surface area contributed by atoms with Crippen molar-refractivity contribution in [3.05, 3.63) is 10.5 Å². The van der Waals surface area contributed by atoms with Gasteiger partial charge in [-0.25, -0.2) is 4.79 Å². The highest BCUT2D eigenvalue weighted by Crippen LogP contribution is 2.23. The van der Waals surface area contributed by atoms with Crippen LogP contribution in [0.25, 0.3) is 11.2 Å². The number of aliphatic hydroxyl groups is 1. The van der Waals surface area contributed by atoms with E-state index in [1.165, 1.54) is 0 Å². The van der Waals surface area contributed by atoms with Crippen LogP contribution in [0.2, 0.25) is 0 Å². The van der Waals surface area contributed by atoms with E-state index in [2.05, 4.69) is 26.8 Å². The van der Waals surface area contributed by atoms with Crippen molar-refractivity contribution < 1.29 is 9.84 Å². The smallest absolute Gasteiger partial charge is 0.327 e. The summed E-state index contributed by atoms with van der Waals surface area (Å²) in [6.07, 6.45) is 3.85. The molecule has 1 fully saturated rings. The van der Waals surface area contributed by atoms with Gasteiger partial charge in [0.15, 0.2) is 11.5 Å². The minimum atomic E-state index is -0.220. The minimum Gasteiger partial charge on any atom is -0.460 e. The lowest BCUT2D eigenvalue weighted by Crippen LogP contribution is -2.37. The van der Waals surface area contributed by atoms with E-state index in [1.807, 2.05) is 6.92 Å². The molecule has 28 heavy (non-hydrogen) atoms. The van der Waals surface area contributed by atoms with Crippen LogP contribution in [0, 0.1) is 5.92 Å². The molecule has 2 aromatic heterocycles. The van der Waals surface area contributed by atoms with Crippen molar-refractivity contribution in [2.24, 2.45) is 5.92 Å². The molecule has 2 aromatic rings. The van der Waals surface area contributed by atoms with Crippen molar-refractivity contribution in [1.29, 1.82) is 0 Å². The maximum Gasteiger partial charge on any atom is 0.327 e. The molecule has 3 rings (SSSR count). The SMILES string of the molecule is CCC[C@H](C)Oc1nc(N)c2[nH]c(=O)n(CC3CCN(CCO)CC3)c2n1.Cl. The average Bonchev–Trinajstić information content (AvgIpc) is 2.94. The second-order valence-electron chi connectivity index (χ2n) is 7.36. The molecular weight excluding hydrogens is 384 g/mol. The first-order valence-corrected chi connectivity index (χ1v) is 9.77. The Labute approximate surface area is 170 Å². The number of aliphatic hydroxyl groups excluding tert-OH is 1. The second-order valence-corrected chi connectivity index (χ2v) is 7.36. The monoisotopic (exact) mass is 414 g/mol. The van der Waals surface area contributed by atoms with E-state index in [1.54, 1.807) is 4.57 Å². The van der Waals surface area contributed by atoms with Gasteiger partial charge >= 0.3 is 11.7 Å². The van der Waals surface area contributed by atoms with Crippen LogP contribution < -0.4 is 16.2 Å². The molecule has 0 unspecified atom stereocenters. The molecule has 0 aromatic carbocycles. The molecule has 1 saturated heterocycles. The first kappa shape index (κ1) is 22.4. The number of nitrogens with one attached hydrogen (secondary N) is 1. The molecule has 4 N–H and O–H groups in total. The van der Waals surface area contributed by atoms with Gasteiger partial charge in [-0.05, 0) is 45.2 Å². The van der Waals surface area contributed by atoms with Gasteiger partial charge in [-0.2, -0.15) is 9.97 Å². The standard InChI is InChI=1S/C18H30N6O3.ClH/c1-3-4-12(2)27-17-21-15(19)14-16(22-17)24(18(26)20-14)11-13-5-7-23(8-6-13)9-10-25;/h12-13,25H,3-11H2,1-2H3,(H,20,26)(H2,19,21,22);1H/t12-;/m0./s1. The average molecular weight is 415 g/mol.